The second-order valence-electron chi connectivity index (χ2n) is 6.50. The van der Waals surface area contributed by atoms with Crippen LogP contribution >= 0.6 is 11.8 Å². The minimum atomic E-state index is -1.02. The summed E-state index contributed by atoms with van der Waals surface area (Å²) in [5.74, 6) is 0.130. The summed E-state index contributed by atoms with van der Waals surface area (Å²) < 4.78 is 11.2. The number of carboxylic acid groups (broad SMARTS) is 1. The van der Waals surface area contributed by atoms with E-state index in [9.17, 15) is 9.59 Å². The topological polar surface area (TPSA) is 95.6 Å². The first kappa shape index (κ1) is 19.3. The number of nitrogens with zero attached hydrogens (tertiary/aromatic N) is 3. The van der Waals surface area contributed by atoms with Crippen LogP contribution in [-0.2, 0) is 9.53 Å². The van der Waals surface area contributed by atoms with Crippen molar-refractivity contribution in [1.29, 1.82) is 0 Å². The van der Waals surface area contributed by atoms with Crippen LogP contribution in [0.3, 0.4) is 0 Å². The van der Waals surface area contributed by atoms with E-state index < -0.39 is 5.97 Å². The number of benzene rings is 1. The Bertz CT molecular complexity index is 1010. The smallest absolute Gasteiger partial charge is 0.335 e. The third kappa shape index (κ3) is 4.20. The van der Waals surface area contributed by atoms with Crippen molar-refractivity contribution in [1.82, 2.24) is 4.90 Å². The Balaban J connectivity index is 1.54. The molecular formula is C20H19N3O5S. The number of carboxylic acids is 1. The van der Waals surface area contributed by atoms with Crippen LogP contribution in [0, 0.1) is 0 Å². The van der Waals surface area contributed by atoms with Gasteiger partial charge >= 0.3 is 5.97 Å². The summed E-state index contributed by atoms with van der Waals surface area (Å²) in [6, 6.07) is 10.0. The fourth-order valence-electron chi connectivity index (χ4n) is 2.97. The lowest BCUT2D eigenvalue weighted by Gasteiger charge is -2.26. The minimum Gasteiger partial charge on any atom is -0.478 e. The summed E-state index contributed by atoms with van der Waals surface area (Å²) >= 11 is 1.22. The fraction of sp³-hybridized carbons (Fsp3) is 0.250. The van der Waals surface area contributed by atoms with Crippen LogP contribution in [-0.4, -0.2) is 60.4 Å². The number of anilines is 1. The maximum Gasteiger partial charge on any atom is 0.335 e. The number of thioether (sulfide) groups is 1. The largest absolute Gasteiger partial charge is 0.478 e. The van der Waals surface area contributed by atoms with E-state index in [0.29, 0.717) is 34.7 Å². The molecule has 150 valence electrons. The molecule has 2 saturated heterocycles. The van der Waals surface area contributed by atoms with E-state index in [1.807, 2.05) is 12.1 Å². The Hall–Kier alpha value is -3.04. The monoisotopic (exact) mass is 413 g/mol. The van der Waals surface area contributed by atoms with Gasteiger partial charge in [-0.05, 0) is 36.0 Å². The highest BCUT2D eigenvalue weighted by atomic mass is 32.2. The molecule has 1 N–H and O–H groups in total. The van der Waals surface area contributed by atoms with Gasteiger partial charge in [0.25, 0.3) is 5.91 Å². The number of morpholine rings is 1. The first-order chi connectivity index (χ1) is 14.0. The van der Waals surface area contributed by atoms with Gasteiger partial charge < -0.3 is 19.2 Å². The van der Waals surface area contributed by atoms with Gasteiger partial charge in [0.15, 0.2) is 11.1 Å². The van der Waals surface area contributed by atoms with Crippen molar-refractivity contribution >= 4 is 46.5 Å². The number of hydrogen-bond donors (Lipinski definition) is 1. The molecule has 2 aromatic rings. The van der Waals surface area contributed by atoms with Gasteiger partial charge in [-0.25, -0.2) is 9.79 Å². The lowest BCUT2D eigenvalue weighted by molar-refractivity contribution is -0.121. The standard InChI is InChI=1S/C20H19N3O5S/c1-22-18(24)16(12-15-5-6-17(28-15)23-7-9-27-10-8-23)29-20(22)21-14-4-2-3-13(11-14)19(25)26/h2-6,11-12H,7-10H2,1H3,(H,25,26)/b16-12-,21-20?. The maximum absolute atomic E-state index is 12.6. The van der Waals surface area contributed by atoms with E-state index in [1.165, 1.54) is 28.8 Å². The number of carbonyl (C=O) groups excluding carboxylic acids is 1. The van der Waals surface area contributed by atoms with Crippen molar-refractivity contribution in [2.75, 3.05) is 38.3 Å². The molecule has 0 radical (unpaired) electrons. The average Bonchev–Trinajstić information content (AvgIpc) is 3.30. The summed E-state index contributed by atoms with van der Waals surface area (Å²) in [4.78, 5) is 32.2. The fourth-order valence-corrected chi connectivity index (χ4v) is 3.94. The Labute approximate surface area is 171 Å². The number of furan rings is 1. The number of amidine groups is 1. The minimum absolute atomic E-state index is 0.144. The summed E-state index contributed by atoms with van der Waals surface area (Å²) in [7, 11) is 1.64. The van der Waals surface area contributed by atoms with Crippen LogP contribution in [0.25, 0.3) is 6.08 Å². The number of carbonyl (C=O) groups is 2. The van der Waals surface area contributed by atoms with Crippen LogP contribution in [0.2, 0.25) is 0 Å². The Kier molecular flexibility index (Phi) is 5.41. The van der Waals surface area contributed by atoms with Crippen LogP contribution in [0.15, 0.2) is 50.7 Å². The number of rotatable bonds is 4. The number of likely N-dealkylation sites (N-methyl/N-ethyl adjacent to an activating group) is 1. The predicted octanol–water partition coefficient (Wildman–Crippen LogP) is 3.05. The summed E-state index contributed by atoms with van der Waals surface area (Å²) in [5, 5.41) is 9.59. The molecule has 0 bridgehead atoms. The summed E-state index contributed by atoms with van der Waals surface area (Å²) in [5.41, 5.74) is 0.617. The zero-order valence-corrected chi connectivity index (χ0v) is 16.5. The molecule has 1 aromatic carbocycles. The van der Waals surface area contributed by atoms with E-state index in [4.69, 9.17) is 14.3 Å². The average molecular weight is 413 g/mol. The van der Waals surface area contributed by atoms with Gasteiger partial charge in [0.05, 0.1) is 29.4 Å². The zero-order chi connectivity index (χ0) is 20.4. The molecule has 2 aliphatic heterocycles. The van der Waals surface area contributed by atoms with E-state index in [-0.39, 0.29) is 11.5 Å². The van der Waals surface area contributed by atoms with Gasteiger partial charge in [0, 0.05) is 32.3 Å². The SMILES string of the molecule is CN1C(=O)/C(=C/c2ccc(N3CCOCC3)o2)SC1=Nc1cccc(C(=O)O)c1. The van der Waals surface area contributed by atoms with Crippen LogP contribution in [0.4, 0.5) is 11.6 Å². The molecule has 3 heterocycles. The van der Waals surface area contributed by atoms with E-state index in [0.717, 1.165) is 19.0 Å². The highest BCUT2D eigenvalue weighted by molar-refractivity contribution is 8.18. The normalized spacial score (nSPS) is 20.1. The molecule has 2 fully saturated rings. The van der Waals surface area contributed by atoms with Crippen molar-refractivity contribution in [3.63, 3.8) is 0 Å². The van der Waals surface area contributed by atoms with Gasteiger partial charge in [-0.3, -0.25) is 9.69 Å². The molecule has 0 aliphatic carbocycles. The van der Waals surface area contributed by atoms with Crippen LogP contribution in [0.1, 0.15) is 16.1 Å². The van der Waals surface area contributed by atoms with Crippen LogP contribution < -0.4 is 4.90 Å². The third-order valence-electron chi connectivity index (χ3n) is 4.53. The molecule has 0 spiro atoms. The molecule has 0 unspecified atom stereocenters. The van der Waals surface area contributed by atoms with Crippen molar-refractivity contribution in [2.24, 2.45) is 4.99 Å². The summed E-state index contributed by atoms with van der Waals surface area (Å²) in [6.45, 7) is 2.87. The maximum atomic E-state index is 12.6. The third-order valence-corrected chi connectivity index (χ3v) is 5.59. The number of aliphatic imine (C=N–C) groups is 1. The first-order valence-corrected chi connectivity index (χ1v) is 9.85. The van der Waals surface area contributed by atoms with Gasteiger partial charge in [0.2, 0.25) is 0 Å². The number of ether oxygens (including phenoxy) is 1. The Morgan fingerprint density at radius 3 is 2.79 bits per heavy atom. The number of amides is 1. The molecule has 1 amide bonds. The second-order valence-corrected chi connectivity index (χ2v) is 7.51. The van der Waals surface area contributed by atoms with Crippen molar-refractivity contribution in [2.45, 2.75) is 0 Å². The predicted molar refractivity (Wildman–Crippen MR) is 111 cm³/mol. The Morgan fingerprint density at radius 2 is 2.03 bits per heavy atom. The Morgan fingerprint density at radius 1 is 1.24 bits per heavy atom. The van der Waals surface area contributed by atoms with E-state index in [2.05, 4.69) is 9.89 Å². The highest BCUT2D eigenvalue weighted by Crippen LogP contribution is 2.34. The number of aromatic carboxylic acids is 1. The van der Waals surface area contributed by atoms with Gasteiger partial charge in [-0.2, -0.15) is 0 Å². The second kappa shape index (κ2) is 8.14. The zero-order valence-electron chi connectivity index (χ0n) is 15.7. The van der Waals surface area contributed by atoms with Crippen molar-refractivity contribution < 1.29 is 23.8 Å². The number of hydrogen-bond acceptors (Lipinski definition) is 7. The van der Waals surface area contributed by atoms with E-state index in [1.54, 1.807) is 25.3 Å². The lowest BCUT2D eigenvalue weighted by atomic mass is 10.2. The molecule has 4 rings (SSSR count). The molecular weight excluding hydrogens is 394 g/mol. The first-order valence-electron chi connectivity index (χ1n) is 9.03. The quantitative estimate of drug-likeness (QED) is 0.770. The van der Waals surface area contributed by atoms with Gasteiger partial charge in [-0.15, -0.1) is 0 Å². The molecule has 0 atom stereocenters. The van der Waals surface area contributed by atoms with Crippen LogP contribution in [0.5, 0.6) is 0 Å². The van der Waals surface area contributed by atoms with Crippen molar-refractivity contribution in [3.05, 3.63) is 52.6 Å². The van der Waals surface area contributed by atoms with Gasteiger partial charge in [0.1, 0.15) is 5.76 Å². The molecule has 0 saturated carbocycles. The van der Waals surface area contributed by atoms with Crippen molar-refractivity contribution in [3.8, 4) is 0 Å². The molecule has 1 aromatic heterocycles. The molecule has 29 heavy (non-hydrogen) atoms. The molecule has 2 aliphatic rings. The highest BCUT2D eigenvalue weighted by Gasteiger charge is 2.31. The van der Waals surface area contributed by atoms with E-state index >= 15 is 0 Å². The summed E-state index contributed by atoms with van der Waals surface area (Å²) in [6.07, 6.45) is 1.70. The molecule has 8 nitrogen and oxygen atoms in total. The van der Waals surface area contributed by atoms with Gasteiger partial charge in [-0.1, -0.05) is 6.07 Å². The lowest BCUT2D eigenvalue weighted by Crippen LogP contribution is -2.35. The molecule has 9 heteroatoms.